The van der Waals surface area contributed by atoms with Crippen molar-refractivity contribution in [1.82, 2.24) is 19.9 Å². The Labute approximate surface area is 212 Å². The molecule has 10 heteroatoms. The summed E-state index contributed by atoms with van der Waals surface area (Å²) in [6.45, 7) is 6.09. The fourth-order valence-corrected chi connectivity index (χ4v) is 5.13. The molecule has 0 radical (unpaired) electrons. The van der Waals surface area contributed by atoms with Crippen molar-refractivity contribution in [2.24, 2.45) is 5.92 Å². The number of aryl methyl sites for hydroxylation is 1. The van der Waals surface area contributed by atoms with Crippen LogP contribution in [0.3, 0.4) is 0 Å². The lowest BCUT2D eigenvalue weighted by Crippen LogP contribution is -2.33. The Morgan fingerprint density at radius 3 is 2.71 bits per heavy atom. The molecule has 0 aliphatic carbocycles. The smallest absolute Gasteiger partial charge is 0.259 e. The molecule has 0 unspecified atom stereocenters. The molecule has 1 fully saturated rings. The molecule has 0 atom stereocenters. The molecule has 5 rings (SSSR count). The molecular weight excluding hydrogens is 484 g/mol. The molecule has 4 aromatic rings. The van der Waals surface area contributed by atoms with Crippen molar-refractivity contribution in [3.8, 4) is 16.9 Å². The molecule has 1 aliphatic rings. The van der Waals surface area contributed by atoms with Crippen LogP contribution >= 0.6 is 22.9 Å². The molecule has 3 aromatic heterocycles. The van der Waals surface area contributed by atoms with Crippen LogP contribution in [-0.2, 0) is 0 Å². The van der Waals surface area contributed by atoms with Crippen molar-refractivity contribution in [2.45, 2.75) is 26.7 Å². The number of rotatable bonds is 5. The number of carbonyl (C=O) groups is 1. The van der Waals surface area contributed by atoms with Crippen LogP contribution in [0.1, 0.15) is 35.8 Å². The number of amides is 1. The van der Waals surface area contributed by atoms with Crippen LogP contribution < -0.4 is 15.0 Å². The fraction of sp³-hybridized carbons (Fsp3) is 0.320. The highest BCUT2D eigenvalue weighted by Crippen LogP contribution is 2.35. The predicted octanol–water partition coefficient (Wildman–Crippen LogP) is 5.61. The zero-order chi connectivity index (χ0) is 24.5. The lowest BCUT2D eigenvalue weighted by atomic mass is 9.99. The van der Waals surface area contributed by atoms with Gasteiger partial charge in [-0.2, -0.15) is 4.98 Å². The SMILES string of the molecule is COc1ccc(Cl)cc1-c1cc(C)ncc1C(=O)Nc1nc2ncc(N3CCC(C)CC3)nc2s1. The van der Waals surface area contributed by atoms with E-state index in [9.17, 15) is 4.79 Å². The molecule has 1 N–H and O–H groups in total. The third-order valence-electron chi connectivity index (χ3n) is 6.18. The van der Waals surface area contributed by atoms with Crippen LogP contribution in [0.5, 0.6) is 5.75 Å². The number of halogens is 1. The van der Waals surface area contributed by atoms with Crippen molar-refractivity contribution >= 4 is 50.3 Å². The molecular formula is C25H25ClN6O2S. The lowest BCUT2D eigenvalue weighted by molar-refractivity contribution is 0.102. The summed E-state index contributed by atoms with van der Waals surface area (Å²) in [5.74, 6) is 1.87. The second kappa shape index (κ2) is 9.75. The number of pyridine rings is 1. The maximum Gasteiger partial charge on any atom is 0.259 e. The third-order valence-corrected chi connectivity index (χ3v) is 7.26. The Hall–Kier alpha value is -3.30. The Morgan fingerprint density at radius 1 is 1.14 bits per heavy atom. The first-order chi connectivity index (χ1) is 16.9. The van der Waals surface area contributed by atoms with E-state index in [2.05, 4.69) is 32.1 Å². The van der Waals surface area contributed by atoms with Gasteiger partial charge < -0.3 is 9.64 Å². The van der Waals surface area contributed by atoms with Gasteiger partial charge in [-0.3, -0.25) is 15.1 Å². The minimum absolute atomic E-state index is 0.334. The van der Waals surface area contributed by atoms with E-state index >= 15 is 0 Å². The normalized spacial score (nSPS) is 14.3. The van der Waals surface area contributed by atoms with E-state index in [0.29, 0.717) is 43.1 Å². The van der Waals surface area contributed by atoms with Gasteiger partial charge in [0, 0.05) is 41.1 Å². The number of aromatic nitrogens is 4. The van der Waals surface area contributed by atoms with Gasteiger partial charge in [-0.05, 0) is 49.9 Å². The number of ether oxygens (including phenoxy) is 1. The minimum atomic E-state index is -0.334. The monoisotopic (exact) mass is 508 g/mol. The van der Waals surface area contributed by atoms with Gasteiger partial charge in [0.05, 0.1) is 18.9 Å². The molecule has 1 amide bonds. The van der Waals surface area contributed by atoms with E-state index in [4.69, 9.17) is 21.3 Å². The van der Waals surface area contributed by atoms with Gasteiger partial charge in [0.15, 0.2) is 15.6 Å². The van der Waals surface area contributed by atoms with Gasteiger partial charge in [-0.15, -0.1) is 0 Å². The van der Waals surface area contributed by atoms with Crippen molar-refractivity contribution in [3.05, 3.63) is 52.9 Å². The number of hydrogen-bond acceptors (Lipinski definition) is 8. The average Bonchev–Trinajstić information content (AvgIpc) is 3.25. The van der Waals surface area contributed by atoms with Gasteiger partial charge in [0.2, 0.25) is 0 Å². The summed E-state index contributed by atoms with van der Waals surface area (Å²) < 4.78 is 5.51. The zero-order valence-electron chi connectivity index (χ0n) is 19.7. The fourth-order valence-electron chi connectivity index (χ4n) is 4.17. The highest BCUT2D eigenvalue weighted by atomic mass is 35.5. The molecule has 1 aliphatic heterocycles. The first kappa shape index (κ1) is 23.4. The molecule has 0 spiro atoms. The second-order valence-corrected chi connectivity index (χ2v) is 10.1. The molecule has 1 aromatic carbocycles. The van der Waals surface area contributed by atoms with Crippen LogP contribution in [0.15, 0.2) is 36.7 Å². The highest BCUT2D eigenvalue weighted by Gasteiger charge is 2.21. The number of fused-ring (bicyclic) bond motifs is 1. The van der Waals surface area contributed by atoms with Crippen LogP contribution in [0.4, 0.5) is 10.9 Å². The maximum atomic E-state index is 13.3. The summed E-state index contributed by atoms with van der Waals surface area (Å²) in [6.07, 6.45) is 5.61. The van der Waals surface area contributed by atoms with Gasteiger partial charge in [0.1, 0.15) is 11.6 Å². The number of nitrogens with zero attached hydrogens (tertiary/aromatic N) is 5. The third kappa shape index (κ3) is 4.92. The Kier molecular flexibility index (Phi) is 6.53. The molecule has 35 heavy (non-hydrogen) atoms. The van der Waals surface area contributed by atoms with E-state index in [-0.39, 0.29) is 5.91 Å². The largest absolute Gasteiger partial charge is 0.496 e. The topological polar surface area (TPSA) is 93.1 Å². The van der Waals surface area contributed by atoms with Gasteiger partial charge in [0.25, 0.3) is 5.91 Å². The minimum Gasteiger partial charge on any atom is -0.496 e. The number of anilines is 2. The van der Waals surface area contributed by atoms with Gasteiger partial charge in [-0.25, -0.2) is 9.97 Å². The van der Waals surface area contributed by atoms with Gasteiger partial charge >= 0.3 is 0 Å². The average molecular weight is 509 g/mol. The molecule has 4 heterocycles. The number of carbonyl (C=O) groups excluding carboxylic acids is 1. The zero-order valence-corrected chi connectivity index (χ0v) is 21.3. The highest BCUT2D eigenvalue weighted by molar-refractivity contribution is 7.21. The van der Waals surface area contributed by atoms with Crippen molar-refractivity contribution in [1.29, 1.82) is 0 Å². The first-order valence-electron chi connectivity index (χ1n) is 11.4. The van der Waals surface area contributed by atoms with Crippen LogP contribution in [0.25, 0.3) is 21.6 Å². The van der Waals surface area contributed by atoms with E-state index in [1.807, 2.05) is 13.0 Å². The van der Waals surface area contributed by atoms with Crippen LogP contribution in [0, 0.1) is 12.8 Å². The summed E-state index contributed by atoms with van der Waals surface area (Å²) >= 11 is 7.55. The molecule has 180 valence electrons. The van der Waals surface area contributed by atoms with Crippen molar-refractivity contribution in [3.63, 3.8) is 0 Å². The van der Waals surface area contributed by atoms with E-state index in [1.54, 1.807) is 37.7 Å². The summed E-state index contributed by atoms with van der Waals surface area (Å²) in [5, 5.41) is 3.87. The Morgan fingerprint density at radius 2 is 1.94 bits per heavy atom. The van der Waals surface area contributed by atoms with Crippen molar-refractivity contribution in [2.75, 3.05) is 30.4 Å². The molecule has 8 nitrogen and oxygen atoms in total. The number of thiazole rings is 1. The molecule has 1 saturated heterocycles. The summed E-state index contributed by atoms with van der Waals surface area (Å²) in [4.78, 5) is 34.3. The summed E-state index contributed by atoms with van der Waals surface area (Å²) in [7, 11) is 1.58. The quantitative estimate of drug-likeness (QED) is 0.374. The second-order valence-electron chi connectivity index (χ2n) is 8.72. The number of methoxy groups -OCH3 is 1. The van der Waals surface area contributed by atoms with Crippen molar-refractivity contribution < 1.29 is 9.53 Å². The summed E-state index contributed by atoms with van der Waals surface area (Å²) in [6, 6.07) is 7.15. The number of hydrogen-bond donors (Lipinski definition) is 1. The van der Waals surface area contributed by atoms with E-state index in [0.717, 1.165) is 43.4 Å². The van der Waals surface area contributed by atoms with E-state index in [1.165, 1.54) is 11.3 Å². The Bertz CT molecular complexity index is 1400. The van der Waals surface area contributed by atoms with Crippen LogP contribution in [-0.4, -0.2) is 46.0 Å². The Balaban J connectivity index is 1.43. The molecule has 0 bridgehead atoms. The van der Waals surface area contributed by atoms with Crippen LogP contribution in [0.2, 0.25) is 5.02 Å². The van der Waals surface area contributed by atoms with Gasteiger partial charge in [-0.1, -0.05) is 29.9 Å². The number of nitrogens with one attached hydrogen (secondary N) is 1. The maximum absolute atomic E-state index is 13.3. The molecule has 0 saturated carbocycles. The lowest BCUT2D eigenvalue weighted by Gasteiger charge is -2.30. The summed E-state index contributed by atoms with van der Waals surface area (Å²) in [5.41, 5.74) is 3.06. The standard InChI is InChI=1S/C25H25ClN6O2S/c1-14-6-8-32(9-7-14)21-13-28-22-24(29-21)35-25(30-22)31-23(33)19-12-27-15(2)10-17(19)18-11-16(26)4-5-20(18)34-3/h4-5,10-14H,6-9H2,1-3H3,(H,28,30,31,33). The first-order valence-corrected chi connectivity index (χ1v) is 12.6. The van der Waals surface area contributed by atoms with E-state index < -0.39 is 0 Å². The predicted molar refractivity (Wildman–Crippen MR) is 140 cm³/mol. The number of benzene rings is 1. The number of piperidine rings is 1.